The van der Waals surface area contributed by atoms with Gasteiger partial charge in [0.2, 0.25) is 0 Å². The van der Waals surface area contributed by atoms with Crippen LogP contribution in [0.4, 0.5) is 0 Å². The van der Waals surface area contributed by atoms with Gasteiger partial charge >= 0.3 is 0 Å². The molecule has 0 atom stereocenters. The first kappa shape index (κ1) is 13.1. The summed E-state index contributed by atoms with van der Waals surface area (Å²) in [5.41, 5.74) is 2.04. The largest absolute Gasteiger partial charge is 0.494 e. The van der Waals surface area contributed by atoms with E-state index in [0.717, 1.165) is 37.1 Å². The summed E-state index contributed by atoms with van der Waals surface area (Å²) in [6.07, 6.45) is 3.67. The third-order valence-corrected chi connectivity index (χ3v) is 3.25. The number of hydrogen-bond donors (Lipinski definition) is 0. The predicted molar refractivity (Wildman–Crippen MR) is 72.4 cm³/mol. The van der Waals surface area contributed by atoms with E-state index < -0.39 is 0 Å². The zero-order valence-corrected chi connectivity index (χ0v) is 11.2. The van der Waals surface area contributed by atoms with E-state index in [1.165, 1.54) is 5.56 Å². The molecule has 0 amide bonds. The van der Waals surface area contributed by atoms with Crippen LogP contribution in [-0.4, -0.2) is 37.9 Å². The minimum absolute atomic E-state index is 0.259. The van der Waals surface area contributed by atoms with Crippen molar-refractivity contribution in [2.45, 2.75) is 25.7 Å². The molecule has 1 aliphatic rings. The van der Waals surface area contributed by atoms with Crippen LogP contribution in [0.25, 0.3) is 0 Å². The van der Waals surface area contributed by atoms with Gasteiger partial charge in [0.25, 0.3) is 0 Å². The van der Waals surface area contributed by atoms with Crippen molar-refractivity contribution in [1.82, 2.24) is 4.90 Å². The number of fused-ring (bicyclic) bond motifs is 1. The second-order valence-electron chi connectivity index (χ2n) is 5.10. The lowest BCUT2D eigenvalue weighted by Crippen LogP contribution is -2.16. The highest BCUT2D eigenvalue weighted by atomic mass is 16.5. The van der Waals surface area contributed by atoms with Gasteiger partial charge in [-0.05, 0) is 51.1 Å². The summed E-state index contributed by atoms with van der Waals surface area (Å²) < 4.78 is 5.69. The van der Waals surface area contributed by atoms with Crippen molar-refractivity contribution in [2.24, 2.45) is 0 Å². The molecule has 0 saturated carbocycles. The number of ketones is 1. The monoisotopic (exact) mass is 247 g/mol. The number of rotatable bonds is 5. The molecule has 3 nitrogen and oxygen atoms in total. The van der Waals surface area contributed by atoms with Crippen molar-refractivity contribution in [3.05, 3.63) is 29.3 Å². The fourth-order valence-corrected chi connectivity index (χ4v) is 2.27. The van der Waals surface area contributed by atoms with Crippen LogP contribution in [0.1, 0.15) is 35.2 Å². The van der Waals surface area contributed by atoms with Crippen molar-refractivity contribution < 1.29 is 9.53 Å². The van der Waals surface area contributed by atoms with Crippen LogP contribution >= 0.6 is 0 Å². The van der Waals surface area contributed by atoms with Gasteiger partial charge < -0.3 is 9.64 Å². The molecule has 0 spiro atoms. The van der Waals surface area contributed by atoms with Gasteiger partial charge in [-0.1, -0.05) is 6.07 Å². The number of nitrogens with zero attached hydrogens (tertiary/aromatic N) is 1. The number of aryl methyl sites for hydroxylation is 1. The molecule has 3 heteroatoms. The summed E-state index contributed by atoms with van der Waals surface area (Å²) in [7, 11) is 4.11. The molecule has 2 rings (SSSR count). The maximum Gasteiger partial charge on any atom is 0.163 e. The molecular formula is C15H21NO2. The number of carbonyl (C=O) groups is 1. The summed E-state index contributed by atoms with van der Waals surface area (Å²) in [5.74, 6) is 1.08. The fourth-order valence-electron chi connectivity index (χ4n) is 2.27. The van der Waals surface area contributed by atoms with Crippen LogP contribution in [0, 0.1) is 0 Å². The summed E-state index contributed by atoms with van der Waals surface area (Å²) in [5, 5.41) is 0. The van der Waals surface area contributed by atoms with Gasteiger partial charge in [-0.25, -0.2) is 0 Å². The third-order valence-electron chi connectivity index (χ3n) is 3.25. The van der Waals surface area contributed by atoms with Crippen LogP contribution < -0.4 is 4.74 Å². The lowest BCUT2D eigenvalue weighted by Gasteiger charge is -2.16. The van der Waals surface area contributed by atoms with Crippen LogP contribution in [0.3, 0.4) is 0 Å². The standard InChI is InChI=1S/C15H21NO2/c1-16(2)9-4-10-18-13-8-7-12-5-3-6-15(17)14(12)11-13/h7-8,11H,3-6,9-10H2,1-2H3. The van der Waals surface area contributed by atoms with Crippen LogP contribution in [0.15, 0.2) is 18.2 Å². The van der Waals surface area contributed by atoms with Gasteiger partial charge in [0, 0.05) is 18.5 Å². The molecule has 1 aromatic rings. The summed E-state index contributed by atoms with van der Waals surface area (Å²) in [6.45, 7) is 1.72. The molecule has 0 heterocycles. The lowest BCUT2D eigenvalue weighted by atomic mass is 9.90. The molecule has 1 aromatic carbocycles. The first-order valence-electron chi connectivity index (χ1n) is 6.60. The van der Waals surface area contributed by atoms with E-state index in [-0.39, 0.29) is 5.78 Å². The average molecular weight is 247 g/mol. The predicted octanol–water partition coefficient (Wildman–Crippen LogP) is 2.54. The second kappa shape index (κ2) is 6.01. The number of hydrogen-bond acceptors (Lipinski definition) is 3. The molecule has 1 aliphatic carbocycles. The van der Waals surface area contributed by atoms with E-state index in [9.17, 15) is 4.79 Å². The Kier molecular flexibility index (Phi) is 4.37. The Balaban J connectivity index is 1.94. The van der Waals surface area contributed by atoms with Crippen molar-refractivity contribution in [1.29, 1.82) is 0 Å². The molecule has 0 bridgehead atoms. The first-order chi connectivity index (χ1) is 8.66. The molecular weight excluding hydrogens is 226 g/mol. The van der Waals surface area contributed by atoms with E-state index in [2.05, 4.69) is 19.0 Å². The van der Waals surface area contributed by atoms with Crippen molar-refractivity contribution >= 4 is 5.78 Å². The van der Waals surface area contributed by atoms with E-state index in [0.29, 0.717) is 13.0 Å². The molecule has 0 radical (unpaired) electrons. The van der Waals surface area contributed by atoms with E-state index in [1.807, 2.05) is 18.2 Å². The third kappa shape index (κ3) is 3.33. The minimum atomic E-state index is 0.259. The minimum Gasteiger partial charge on any atom is -0.494 e. The van der Waals surface area contributed by atoms with Crippen molar-refractivity contribution in [2.75, 3.05) is 27.2 Å². The highest BCUT2D eigenvalue weighted by Gasteiger charge is 2.17. The van der Waals surface area contributed by atoms with Crippen LogP contribution in [-0.2, 0) is 6.42 Å². The van der Waals surface area contributed by atoms with Gasteiger partial charge in [-0.15, -0.1) is 0 Å². The Labute approximate surface area is 109 Å². The number of Topliss-reactive ketones (excluding diaryl/α,β-unsaturated/α-hetero) is 1. The number of benzene rings is 1. The molecule has 0 aliphatic heterocycles. The highest BCUT2D eigenvalue weighted by Crippen LogP contribution is 2.25. The topological polar surface area (TPSA) is 29.5 Å². The van der Waals surface area contributed by atoms with Gasteiger partial charge in [0.05, 0.1) is 6.61 Å². The second-order valence-corrected chi connectivity index (χ2v) is 5.10. The van der Waals surface area contributed by atoms with Crippen LogP contribution in [0.2, 0.25) is 0 Å². The number of carbonyl (C=O) groups excluding carboxylic acids is 1. The molecule has 0 unspecified atom stereocenters. The summed E-state index contributed by atoms with van der Waals surface area (Å²) >= 11 is 0. The SMILES string of the molecule is CN(C)CCCOc1ccc2c(c1)C(=O)CCC2. The summed E-state index contributed by atoms with van der Waals surface area (Å²) in [4.78, 5) is 13.9. The smallest absolute Gasteiger partial charge is 0.163 e. The average Bonchev–Trinajstić information content (AvgIpc) is 2.35. The maximum absolute atomic E-state index is 11.8. The lowest BCUT2D eigenvalue weighted by molar-refractivity contribution is 0.0972. The highest BCUT2D eigenvalue weighted by molar-refractivity contribution is 5.98. The van der Waals surface area contributed by atoms with Gasteiger partial charge in [0.1, 0.15) is 5.75 Å². The molecule has 0 N–H and O–H groups in total. The number of ether oxygens (including phenoxy) is 1. The molecule has 0 fully saturated rings. The Bertz CT molecular complexity index is 427. The van der Waals surface area contributed by atoms with E-state index in [4.69, 9.17) is 4.74 Å². The van der Waals surface area contributed by atoms with Gasteiger partial charge in [0.15, 0.2) is 5.78 Å². The van der Waals surface area contributed by atoms with E-state index in [1.54, 1.807) is 0 Å². The Morgan fingerprint density at radius 3 is 2.89 bits per heavy atom. The normalized spacial score (nSPS) is 14.7. The molecule has 0 aromatic heterocycles. The van der Waals surface area contributed by atoms with Crippen LogP contribution in [0.5, 0.6) is 5.75 Å². The fraction of sp³-hybridized carbons (Fsp3) is 0.533. The molecule has 18 heavy (non-hydrogen) atoms. The Hall–Kier alpha value is -1.35. The van der Waals surface area contributed by atoms with E-state index >= 15 is 0 Å². The molecule has 0 saturated heterocycles. The maximum atomic E-state index is 11.8. The summed E-state index contributed by atoms with van der Waals surface area (Å²) in [6, 6.07) is 5.92. The van der Waals surface area contributed by atoms with Crippen molar-refractivity contribution in [3.63, 3.8) is 0 Å². The van der Waals surface area contributed by atoms with Gasteiger partial charge in [-0.2, -0.15) is 0 Å². The zero-order valence-electron chi connectivity index (χ0n) is 11.2. The Morgan fingerprint density at radius 2 is 2.11 bits per heavy atom. The van der Waals surface area contributed by atoms with Gasteiger partial charge in [-0.3, -0.25) is 4.79 Å². The van der Waals surface area contributed by atoms with Crippen molar-refractivity contribution in [3.8, 4) is 5.75 Å². The quantitative estimate of drug-likeness (QED) is 0.749. The molecule has 98 valence electrons. The first-order valence-corrected chi connectivity index (χ1v) is 6.60. The zero-order chi connectivity index (χ0) is 13.0. The Morgan fingerprint density at radius 1 is 1.28 bits per heavy atom.